The molecule has 0 saturated carbocycles. The van der Waals surface area contributed by atoms with Gasteiger partial charge in [-0.2, -0.15) is 0 Å². The third kappa shape index (κ3) is 3.13. The number of rotatable bonds is 5. The van der Waals surface area contributed by atoms with Gasteiger partial charge in [0.25, 0.3) is 0 Å². The van der Waals surface area contributed by atoms with Gasteiger partial charge in [0.1, 0.15) is 24.8 Å². The van der Waals surface area contributed by atoms with Crippen LogP contribution in [0.1, 0.15) is 44.4 Å². The third-order valence-corrected chi connectivity index (χ3v) is 5.79. The second-order valence-corrected chi connectivity index (χ2v) is 7.33. The lowest BCUT2D eigenvalue weighted by atomic mass is 10.0. The maximum atomic E-state index is 10.9. The molecule has 0 atom stereocenters. The maximum absolute atomic E-state index is 10.9. The molecule has 0 aromatic heterocycles. The van der Waals surface area contributed by atoms with Crippen molar-refractivity contribution in [2.24, 2.45) is 0 Å². The minimum atomic E-state index is 0.201. The molecule has 3 rings (SSSR count). The van der Waals surface area contributed by atoms with E-state index in [9.17, 15) is 5.11 Å². The van der Waals surface area contributed by atoms with Crippen LogP contribution in [0, 0.1) is 13.8 Å². The molecular formula is C23H32N3O2+. The number of aromatic hydroxyl groups is 1. The highest BCUT2D eigenvalue weighted by Gasteiger charge is 2.25. The molecule has 1 N–H and O–H groups in total. The zero-order valence-electron chi connectivity index (χ0n) is 18.2. The quantitative estimate of drug-likeness (QED) is 0.533. The molecule has 0 fully saturated rings. The normalized spacial score (nSPS) is 12.7. The van der Waals surface area contributed by atoms with Crippen LogP contribution in [0.5, 0.6) is 5.75 Å². The number of aromatic nitrogens is 1. The molecule has 2 aliphatic rings. The van der Waals surface area contributed by atoms with E-state index in [1.54, 1.807) is 0 Å². The summed E-state index contributed by atoms with van der Waals surface area (Å²) < 4.78 is 8.48. The summed E-state index contributed by atoms with van der Waals surface area (Å²) in [6.07, 6.45) is 0.922. The lowest BCUT2D eigenvalue weighted by Gasteiger charge is -2.24. The van der Waals surface area contributed by atoms with E-state index in [0.29, 0.717) is 11.5 Å². The fraction of sp³-hybridized carbons (Fsp3) is 0.478. The minimum absolute atomic E-state index is 0.201. The lowest BCUT2D eigenvalue weighted by Crippen LogP contribution is -2.31. The van der Waals surface area contributed by atoms with Crippen LogP contribution in [0.4, 0.5) is 5.69 Å². The Morgan fingerprint density at radius 2 is 1.75 bits per heavy atom. The van der Waals surface area contributed by atoms with Crippen molar-refractivity contribution in [3.63, 3.8) is 0 Å². The van der Waals surface area contributed by atoms with Gasteiger partial charge in [-0.15, -0.1) is 0 Å². The molecule has 5 heteroatoms. The number of phenols is 1. The molecule has 150 valence electrons. The Hall–Kier alpha value is -2.56. The van der Waals surface area contributed by atoms with E-state index in [-0.39, 0.29) is 5.75 Å². The van der Waals surface area contributed by atoms with Gasteiger partial charge < -0.3 is 14.4 Å². The molecule has 5 nitrogen and oxygen atoms in total. The summed E-state index contributed by atoms with van der Waals surface area (Å²) in [5, 5.41) is 11.9. The summed E-state index contributed by atoms with van der Waals surface area (Å²) in [6, 6.07) is 4.20. The molecule has 0 unspecified atom stereocenters. The maximum Gasteiger partial charge on any atom is 0.213 e. The van der Waals surface area contributed by atoms with Gasteiger partial charge >= 0.3 is 0 Å². The van der Waals surface area contributed by atoms with Gasteiger partial charge in [-0.05, 0) is 52.7 Å². The number of hydrogen-bond acceptors (Lipinski definition) is 4. The van der Waals surface area contributed by atoms with E-state index in [1.165, 1.54) is 11.3 Å². The monoisotopic (exact) mass is 382 g/mol. The topological polar surface area (TPSA) is 52.5 Å². The van der Waals surface area contributed by atoms with Crippen LogP contribution in [0.15, 0.2) is 16.5 Å². The predicted molar refractivity (Wildman–Crippen MR) is 116 cm³/mol. The first-order chi connectivity index (χ1) is 13.4. The van der Waals surface area contributed by atoms with Crippen LogP contribution < -0.4 is 14.8 Å². The van der Waals surface area contributed by atoms with Crippen molar-refractivity contribution >= 4 is 16.8 Å². The second kappa shape index (κ2) is 7.82. The highest BCUT2D eigenvalue weighted by atomic mass is 16.3. The number of hydrogen-bond donors (Lipinski definition) is 1. The van der Waals surface area contributed by atoms with E-state index >= 15 is 0 Å². The van der Waals surface area contributed by atoms with Crippen LogP contribution in [-0.4, -0.2) is 36.8 Å². The van der Waals surface area contributed by atoms with Crippen LogP contribution in [0.25, 0.3) is 22.6 Å². The number of benzene rings is 2. The van der Waals surface area contributed by atoms with Crippen molar-refractivity contribution < 1.29 is 9.52 Å². The first kappa shape index (κ1) is 20.2. The van der Waals surface area contributed by atoms with Crippen molar-refractivity contribution in [1.82, 2.24) is 9.56 Å². The minimum Gasteiger partial charge on any atom is -0.505 e. The van der Waals surface area contributed by atoms with Crippen molar-refractivity contribution in [2.45, 2.75) is 48.0 Å². The zero-order chi connectivity index (χ0) is 20.6. The molecule has 0 spiro atoms. The summed E-state index contributed by atoms with van der Waals surface area (Å²) >= 11 is 0. The molecular weight excluding hydrogens is 350 g/mol. The second-order valence-electron chi connectivity index (χ2n) is 7.33. The Morgan fingerprint density at radius 3 is 2.32 bits per heavy atom. The summed E-state index contributed by atoms with van der Waals surface area (Å²) in [6.45, 7) is 15.3. The average molecular weight is 383 g/mol. The zero-order valence-corrected chi connectivity index (χ0v) is 18.2. The van der Waals surface area contributed by atoms with Gasteiger partial charge in [0.05, 0.1) is 11.1 Å². The van der Waals surface area contributed by atoms with Crippen molar-refractivity contribution in [1.29, 1.82) is 0 Å². The molecule has 0 radical (unpaired) electrons. The lowest BCUT2D eigenvalue weighted by molar-refractivity contribution is 0.463. The number of phenolic OH excluding ortho intramolecular Hbond substituents is 1. The molecule has 0 saturated heterocycles. The fourth-order valence-electron chi connectivity index (χ4n) is 4.07. The van der Waals surface area contributed by atoms with Gasteiger partial charge in [-0.3, -0.25) is 0 Å². The molecule has 1 aliphatic heterocycles. The SMILES string of the molecule is CCc1cc2nc3c(O)c(C)/c(=[N+](\C)CC)c(C)c-3oc2cc1N(CC)CC. The summed E-state index contributed by atoms with van der Waals surface area (Å²) in [7, 11) is 2.03. The van der Waals surface area contributed by atoms with Gasteiger partial charge in [0.15, 0.2) is 17.1 Å². The molecule has 1 heterocycles. The molecule has 1 aromatic rings. The number of nitrogens with zero attached hydrogens (tertiary/aromatic N) is 3. The van der Waals surface area contributed by atoms with Crippen LogP contribution in [0.2, 0.25) is 0 Å². The molecule has 1 aliphatic carbocycles. The first-order valence-corrected chi connectivity index (χ1v) is 10.3. The Kier molecular flexibility index (Phi) is 5.64. The van der Waals surface area contributed by atoms with E-state index in [4.69, 9.17) is 9.40 Å². The molecule has 1 aromatic carbocycles. The average Bonchev–Trinajstić information content (AvgIpc) is 2.71. The van der Waals surface area contributed by atoms with Crippen LogP contribution in [0.3, 0.4) is 0 Å². The molecule has 0 amide bonds. The number of anilines is 1. The first-order valence-electron chi connectivity index (χ1n) is 10.3. The van der Waals surface area contributed by atoms with E-state index in [0.717, 1.165) is 53.6 Å². The van der Waals surface area contributed by atoms with E-state index in [1.807, 2.05) is 20.9 Å². The van der Waals surface area contributed by atoms with Gasteiger partial charge in [0, 0.05) is 24.8 Å². The summed E-state index contributed by atoms with van der Waals surface area (Å²) in [5.41, 5.74) is 6.36. The predicted octanol–water partition coefficient (Wildman–Crippen LogP) is 4.09. The van der Waals surface area contributed by atoms with E-state index < -0.39 is 0 Å². The number of fused-ring (bicyclic) bond motifs is 2. The van der Waals surface area contributed by atoms with Crippen molar-refractivity contribution in [3.8, 4) is 17.2 Å². The molecule has 0 bridgehead atoms. The summed E-state index contributed by atoms with van der Waals surface area (Å²) in [4.78, 5) is 7.15. The Morgan fingerprint density at radius 1 is 1.07 bits per heavy atom. The highest BCUT2D eigenvalue weighted by molar-refractivity contribution is 5.84. The van der Waals surface area contributed by atoms with Gasteiger partial charge in [0.2, 0.25) is 5.36 Å². The summed E-state index contributed by atoms with van der Waals surface area (Å²) in [5.74, 6) is 0.855. The van der Waals surface area contributed by atoms with E-state index in [2.05, 4.69) is 49.3 Å². The van der Waals surface area contributed by atoms with Gasteiger partial charge in [-0.1, -0.05) is 6.92 Å². The van der Waals surface area contributed by atoms with Gasteiger partial charge in [-0.25, -0.2) is 9.56 Å². The Labute approximate surface area is 167 Å². The van der Waals surface area contributed by atoms with Crippen LogP contribution >= 0.6 is 0 Å². The van der Waals surface area contributed by atoms with Crippen molar-refractivity contribution in [3.05, 3.63) is 34.2 Å². The third-order valence-electron chi connectivity index (χ3n) is 5.79. The van der Waals surface area contributed by atoms with Crippen molar-refractivity contribution in [2.75, 3.05) is 31.6 Å². The standard InChI is InChI=1S/C23H31N3O2/c1-8-16-12-17-19(13-18(16)26(10-3)11-4)28-23-15(6)21(25(7)9-2)14(5)22(27)20(23)24-17/h12-13H,8-11H2,1-7H3/p+1. The highest BCUT2D eigenvalue weighted by Crippen LogP contribution is 2.36. The molecule has 28 heavy (non-hydrogen) atoms. The smallest absolute Gasteiger partial charge is 0.213 e. The number of aryl methyl sites for hydroxylation is 1. The largest absolute Gasteiger partial charge is 0.505 e. The van der Waals surface area contributed by atoms with Crippen LogP contribution in [-0.2, 0) is 6.42 Å². The Bertz CT molecular complexity index is 1060. The Balaban J connectivity index is 2.44. The fourth-order valence-corrected chi connectivity index (χ4v) is 4.07.